The molecule has 2 aromatic rings. The molecule has 0 saturated heterocycles. The van der Waals surface area contributed by atoms with Crippen LogP contribution in [-0.4, -0.2) is 27.3 Å². The first-order valence-corrected chi connectivity index (χ1v) is 7.28. The Bertz CT molecular complexity index is 865. The van der Waals surface area contributed by atoms with Crippen LogP contribution in [0.15, 0.2) is 50.6 Å². The summed E-state index contributed by atoms with van der Waals surface area (Å²) in [6, 6.07) is 9.73. The molecule has 1 aromatic carbocycles. The second-order valence-electron chi connectivity index (χ2n) is 5.05. The van der Waals surface area contributed by atoms with Crippen molar-refractivity contribution in [1.82, 2.24) is 20.6 Å². The van der Waals surface area contributed by atoms with E-state index in [-0.39, 0.29) is 24.4 Å². The zero-order valence-corrected chi connectivity index (χ0v) is 13.1. The summed E-state index contributed by atoms with van der Waals surface area (Å²) >= 11 is 0. The highest BCUT2D eigenvalue weighted by atomic mass is 16.2. The maximum absolute atomic E-state index is 11.7. The van der Waals surface area contributed by atoms with E-state index in [0.29, 0.717) is 0 Å². The lowest BCUT2D eigenvalue weighted by molar-refractivity contribution is -0.121. The molecule has 8 nitrogen and oxygen atoms in total. The maximum Gasteiger partial charge on any atom is 0.342 e. The third kappa shape index (κ3) is 5.48. The number of hydrogen-bond donors (Lipinski definition) is 3. The smallest absolute Gasteiger partial charge is 0.273 e. The van der Waals surface area contributed by atoms with Gasteiger partial charge in [-0.15, -0.1) is 0 Å². The Morgan fingerprint density at radius 1 is 1.29 bits per heavy atom. The van der Waals surface area contributed by atoms with E-state index in [1.54, 1.807) is 0 Å². The summed E-state index contributed by atoms with van der Waals surface area (Å²) in [6.07, 6.45) is 3.60. The minimum Gasteiger partial charge on any atom is -0.273 e. The van der Waals surface area contributed by atoms with Crippen molar-refractivity contribution in [2.24, 2.45) is 5.10 Å². The van der Waals surface area contributed by atoms with Crippen molar-refractivity contribution in [3.63, 3.8) is 0 Å². The van der Waals surface area contributed by atoms with Gasteiger partial charge in [0.15, 0.2) is 0 Å². The number of nitrogens with zero attached hydrogens (tertiary/aromatic N) is 2. The van der Waals surface area contributed by atoms with Gasteiger partial charge >= 0.3 is 5.69 Å². The number of carbonyl (C=O) groups is 1. The predicted octanol–water partition coefficient (Wildman–Crippen LogP) is 0.596. The van der Waals surface area contributed by atoms with Gasteiger partial charge in [0, 0.05) is 12.8 Å². The van der Waals surface area contributed by atoms with Gasteiger partial charge in [0.2, 0.25) is 5.91 Å². The molecule has 0 radical (unpaired) electrons. The van der Waals surface area contributed by atoms with E-state index < -0.39 is 11.2 Å². The van der Waals surface area contributed by atoms with Crippen LogP contribution < -0.4 is 16.7 Å². The number of nitrogens with one attached hydrogen (secondary N) is 3. The lowest BCUT2D eigenvalue weighted by Crippen LogP contribution is -2.28. The van der Waals surface area contributed by atoms with Crippen LogP contribution in [0.2, 0.25) is 0 Å². The lowest BCUT2D eigenvalue weighted by atomic mass is 10.1. The van der Waals surface area contributed by atoms with E-state index >= 15 is 0 Å². The number of aromatic amines is 2. The fourth-order valence-corrected chi connectivity index (χ4v) is 1.89. The number of H-pyrrole nitrogens is 2. The largest absolute Gasteiger partial charge is 0.342 e. The minimum absolute atomic E-state index is 0.0287. The number of hydrazone groups is 1. The summed E-state index contributed by atoms with van der Waals surface area (Å²) < 4.78 is 0. The molecule has 1 aromatic heterocycles. The van der Waals surface area contributed by atoms with Crippen LogP contribution in [0.5, 0.6) is 0 Å². The molecule has 1 amide bonds. The zero-order chi connectivity index (χ0) is 17.4. The molecule has 1 heterocycles. The van der Waals surface area contributed by atoms with E-state index in [2.05, 4.69) is 20.7 Å². The first-order valence-electron chi connectivity index (χ1n) is 7.28. The highest BCUT2D eigenvalue weighted by Crippen LogP contribution is 2.04. The van der Waals surface area contributed by atoms with Crippen molar-refractivity contribution in [2.75, 3.05) is 0 Å². The minimum atomic E-state index is -0.682. The molecule has 0 bridgehead atoms. The van der Waals surface area contributed by atoms with Gasteiger partial charge in [-0.05, 0) is 18.1 Å². The fraction of sp³-hybridized carbons (Fsp3) is 0.188. The number of allylic oxidation sites excluding steroid dienone is 1. The van der Waals surface area contributed by atoms with Gasteiger partial charge in [0.25, 0.3) is 5.56 Å². The summed E-state index contributed by atoms with van der Waals surface area (Å²) in [6.45, 7) is 1.87. The predicted molar refractivity (Wildman–Crippen MR) is 90.5 cm³/mol. The summed E-state index contributed by atoms with van der Waals surface area (Å²) in [5.41, 5.74) is 3.10. The van der Waals surface area contributed by atoms with Gasteiger partial charge in [-0.1, -0.05) is 36.4 Å². The third-order valence-corrected chi connectivity index (χ3v) is 3.02. The second-order valence-corrected chi connectivity index (χ2v) is 5.05. The third-order valence-electron chi connectivity index (χ3n) is 3.02. The first-order chi connectivity index (χ1) is 11.5. The maximum atomic E-state index is 11.7. The molecule has 8 heteroatoms. The molecular weight excluding hydrogens is 310 g/mol. The average Bonchev–Trinajstić information content (AvgIpc) is 2.55. The van der Waals surface area contributed by atoms with Crippen molar-refractivity contribution in [2.45, 2.75) is 19.8 Å². The van der Waals surface area contributed by atoms with E-state index in [9.17, 15) is 14.4 Å². The average molecular weight is 327 g/mol. The molecule has 0 aliphatic heterocycles. The zero-order valence-electron chi connectivity index (χ0n) is 13.1. The van der Waals surface area contributed by atoms with Gasteiger partial charge in [0.05, 0.1) is 6.21 Å². The van der Waals surface area contributed by atoms with Crippen LogP contribution in [0.25, 0.3) is 6.08 Å². The van der Waals surface area contributed by atoms with Crippen molar-refractivity contribution < 1.29 is 4.79 Å². The van der Waals surface area contributed by atoms with Crippen LogP contribution in [0.3, 0.4) is 0 Å². The van der Waals surface area contributed by atoms with Crippen molar-refractivity contribution in [3.8, 4) is 0 Å². The molecule has 2 rings (SSSR count). The first kappa shape index (κ1) is 17.1. The Labute approximate surface area is 137 Å². The van der Waals surface area contributed by atoms with Gasteiger partial charge in [-0.2, -0.15) is 10.2 Å². The molecule has 0 spiro atoms. The van der Waals surface area contributed by atoms with Gasteiger partial charge in [-0.25, -0.2) is 15.3 Å². The second kappa shape index (κ2) is 8.37. The lowest BCUT2D eigenvalue weighted by Gasteiger charge is -1.99. The Kier molecular flexibility index (Phi) is 5.95. The summed E-state index contributed by atoms with van der Waals surface area (Å²) in [7, 11) is 0. The summed E-state index contributed by atoms with van der Waals surface area (Å²) in [5.74, 6) is -0.355. The fourth-order valence-electron chi connectivity index (χ4n) is 1.89. The number of benzene rings is 1. The van der Waals surface area contributed by atoms with Crippen molar-refractivity contribution >= 4 is 18.2 Å². The van der Waals surface area contributed by atoms with Crippen LogP contribution in [-0.2, 0) is 11.2 Å². The SMILES string of the molecule is C/C(C=NNC(=O)CCc1n[nH]c(=O)[nH]c1=O)=C\c1ccccc1. The Morgan fingerprint density at radius 3 is 2.75 bits per heavy atom. The number of hydrogen-bond acceptors (Lipinski definition) is 5. The topological polar surface area (TPSA) is 120 Å². The van der Waals surface area contributed by atoms with E-state index in [1.807, 2.05) is 48.3 Å². The number of carbonyl (C=O) groups excluding carboxylic acids is 1. The molecular formula is C16H17N5O3. The van der Waals surface area contributed by atoms with Crippen molar-refractivity contribution in [1.29, 1.82) is 0 Å². The molecule has 124 valence electrons. The summed E-state index contributed by atoms with van der Waals surface area (Å²) in [4.78, 5) is 36.0. The van der Waals surface area contributed by atoms with Crippen LogP contribution in [0.4, 0.5) is 0 Å². The number of aryl methyl sites for hydroxylation is 1. The highest BCUT2D eigenvalue weighted by Gasteiger charge is 2.06. The molecule has 0 unspecified atom stereocenters. The van der Waals surface area contributed by atoms with Crippen LogP contribution >= 0.6 is 0 Å². The van der Waals surface area contributed by atoms with E-state index in [1.165, 1.54) is 6.21 Å². The number of amides is 1. The van der Waals surface area contributed by atoms with E-state index in [4.69, 9.17) is 0 Å². The normalized spacial score (nSPS) is 11.6. The molecule has 0 atom stereocenters. The molecule has 0 saturated carbocycles. The summed E-state index contributed by atoms with van der Waals surface area (Å²) in [5, 5.41) is 9.57. The van der Waals surface area contributed by atoms with Gasteiger partial charge in [-0.3, -0.25) is 14.6 Å². The monoisotopic (exact) mass is 327 g/mol. The Morgan fingerprint density at radius 2 is 2.04 bits per heavy atom. The Balaban J connectivity index is 1.83. The standard InChI is InChI=1S/C16H17N5O3/c1-11(9-12-5-3-2-4-6-12)10-17-20-14(22)8-7-13-15(23)18-16(24)21-19-13/h2-6,9-10H,7-8H2,1H3,(H,20,22)(H2,18,21,23,24)/b11-9+,17-10?. The Hall–Kier alpha value is -3.29. The molecule has 0 fully saturated rings. The molecule has 0 aliphatic carbocycles. The number of rotatable bonds is 6. The van der Waals surface area contributed by atoms with Crippen LogP contribution in [0, 0.1) is 0 Å². The van der Waals surface area contributed by atoms with Gasteiger partial charge < -0.3 is 0 Å². The van der Waals surface area contributed by atoms with E-state index in [0.717, 1.165) is 11.1 Å². The number of aromatic nitrogens is 3. The van der Waals surface area contributed by atoms with Crippen molar-refractivity contribution in [3.05, 3.63) is 68.0 Å². The van der Waals surface area contributed by atoms with Gasteiger partial charge in [0.1, 0.15) is 5.69 Å². The molecule has 3 N–H and O–H groups in total. The molecule has 0 aliphatic rings. The highest BCUT2D eigenvalue weighted by molar-refractivity contribution is 5.86. The van der Waals surface area contributed by atoms with Crippen LogP contribution in [0.1, 0.15) is 24.6 Å². The quantitative estimate of drug-likeness (QED) is 0.531. The molecule has 24 heavy (non-hydrogen) atoms.